The van der Waals surface area contributed by atoms with Crippen LogP contribution in [0, 0.1) is 10.1 Å². The van der Waals surface area contributed by atoms with Gasteiger partial charge in [0, 0.05) is 31.2 Å². The number of benzene rings is 2. The third-order valence-electron chi connectivity index (χ3n) is 4.86. The van der Waals surface area contributed by atoms with Gasteiger partial charge in [0.25, 0.3) is 11.6 Å². The number of rotatable bonds is 6. The van der Waals surface area contributed by atoms with Gasteiger partial charge in [0.1, 0.15) is 11.4 Å². The number of ether oxygens (including phenoxy) is 1. The van der Waals surface area contributed by atoms with Crippen LogP contribution in [0.5, 0.6) is 5.75 Å². The summed E-state index contributed by atoms with van der Waals surface area (Å²) in [5.74, 6) is -0.250. The molecule has 9 nitrogen and oxygen atoms in total. The van der Waals surface area contributed by atoms with Crippen LogP contribution in [0.15, 0.2) is 36.4 Å². The van der Waals surface area contributed by atoms with E-state index in [9.17, 15) is 19.7 Å². The Bertz CT molecular complexity index is 1010. The van der Waals surface area contributed by atoms with Gasteiger partial charge in [-0.15, -0.1) is 0 Å². The Balaban J connectivity index is 1.56. The fourth-order valence-electron chi connectivity index (χ4n) is 3.23. The number of piperazine rings is 1. The van der Waals surface area contributed by atoms with Gasteiger partial charge in [-0.2, -0.15) is 0 Å². The predicted octanol–water partition coefficient (Wildman–Crippen LogP) is 3.31. The highest BCUT2D eigenvalue weighted by Gasteiger charge is 2.25. The molecule has 1 fully saturated rings. The Morgan fingerprint density at radius 3 is 2.45 bits per heavy atom. The maximum absolute atomic E-state index is 12.7. The number of nitro groups is 1. The number of halogens is 2. The van der Waals surface area contributed by atoms with Gasteiger partial charge in [0.15, 0.2) is 0 Å². The molecule has 0 saturated carbocycles. The standard InChI is InChI=1S/C20H20Cl2N4O5/c1-31-14-3-5-17(18(11-14)26(29)30)23-19(27)12-24-6-8-25(9-7-24)20(28)15-4-2-13(21)10-16(15)22/h2-5,10-11H,6-9,12H2,1H3,(H,23,27). The fourth-order valence-corrected chi connectivity index (χ4v) is 3.72. The molecule has 3 rings (SSSR count). The SMILES string of the molecule is COc1ccc(NC(=O)CN2CCN(C(=O)c3ccc(Cl)cc3Cl)CC2)c([N+](=O)[O-])c1. The van der Waals surface area contributed by atoms with Gasteiger partial charge in [0.05, 0.1) is 35.2 Å². The molecule has 1 heterocycles. The number of methoxy groups -OCH3 is 1. The number of carbonyl (C=O) groups is 2. The summed E-state index contributed by atoms with van der Waals surface area (Å²) >= 11 is 12.0. The monoisotopic (exact) mass is 466 g/mol. The molecule has 1 aliphatic rings. The normalized spacial score (nSPS) is 14.2. The Hall–Kier alpha value is -2.88. The number of carbonyl (C=O) groups excluding carboxylic acids is 2. The summed E-state index contributed by atoms with van der Waals surface area (Å²) in [6, 6.07) is 8.95. The third kappa shape index (κ3) is 5.63. The highest BCUT2D eigenvalue weighted by Crippen LogP contribution is 2.29. The number of hydrogen-bond acceptors (Lipinski definition) is 6. The summed E-state index contributed by atoms with van der Waals surface area (Å²) in [5, 5.41) is 14.6. The van der Waals surface area contributed by atoms with Gasteiger partial charge >= 0.3 is 0 Å². The van der Waals surface area contributed by atoms with Crippen LogP contribution in [-0.4, -0.2) is 66.4 Å². The second kappa shape index (κ2) is 9.95. The maximum Gasteiger partial charge on any atom is 0.296 e. The van der Waals surface area contributed by atoms with Crippen molar-refractivity contribution >= 4 is 46.4 Å². The van der Waals surface area contributed by atoms with E-state index in [-0.39, 0.29) is 29.7 Å². The zero-order chi connectivity index (χ0) is 22.5. The van der Waals surface area contributed by atoms with Crippen molar-refractivity contribution in [1.82, 2.24) is 9.80 Å². The molecular weight excluding hydrogens is 447 g/mol. The third-order valence-corrected chi connectivity index (χ3v) is 5.41. The van der Waals surface area contributed by atoms with E-state index in [1.54, 1.807) is 17.0 Å². The summed E-state index contributed by atoms with van der Waals surface area (Å²) in [6.45, 7) is 1.86. The Labute approximate surface area is 188 Å². The van der Waals surface area contributed by atoms with Gasteiger partial charge in [-0.25, -0.2) is 0 Å². The maximum atomic E-state index is 12.7. The van der Waals surface area contributed by atoms with Crippen molar-refractivity contribution in [3.63, 3.8) is 0 Å². The minimum Gasteiger partial charge on any atom is -0.496 e. The van der Waals surface area contributed by atoms with Crippen molar-refractivity contribution in [1.29, 1.82) is 0 Å². The Morgan fingerprint density at radius 2 is 1.84 bits per heavy atom. The molecule has 0 aliphatic carbocycles. The van der Waals surface area contributed by atoms with E-state index in [2.05, 4.69) is 5.32 Å². The molecule has 2 aromatic rings. The zero-order valence-corrected chi connectivity index (χ0v) is 18.2. The van der Waals surface area contributed by atoms with Crippen LogP contribution < -0.4 is 10.1 Å². The van der Waals surface area contributed by atoms with E-state index < -0.39 is 4.92 Å². The highest BCUT2D eigenvalue weighted by atomic mass is 35.5. The molecule has 2 amide bonds. The zero-order valence-electron chi connectivity index (χ0n) is 16.6. The van der Waals surface area contributed by atoms with E-state index in [4.69, 9.17) is 27.9 Å². The summed E-state index contributed by atoms with van der Waals surface area (Å²) in [4.78, 5) is 39.3. The summed E-state index contributed by atoms with van der Waals surface area (Å²) in [6.07, 6.45) is 0. The van der Waals surface area contributed by atoms with Gasteiger partial charge in [-0.3, -0.25) is 24.6 Å². The van der Waals surface area contributed by atoms with E-state index in [0.717, 1.165) is 0 Å². The molecule has 0 bridgehead atoms. The largest absolute Gasteiger partial charge is 0.496 e. The molecule has 1 N–H and O–H groups in total. The number of nitrogens with zero attached hydrogens (tertiary/aromatic N) is 3. The van der Waals surface area contributed by atoms with Gasteiger partial charge in [-0.05, 0) is 30.3 Å². The number of nitro benzene ring substituents is 1. The quantitative estimate of drug-likeness (QED) is 0.517. The predicted molar refractivity (Wildman–Crippen MR) is 117 cm³/mol. The van der Waals surface area contributed by atoms with E-state index in [0.29, 0.717) is 47.5 Å². The molecule has 0 atom stereocenters. The smallest absolute Gasteiger partial charge is 0.296 e. The van der Waals surface area contributed by atoms with E-state index in [1.165, 1.54) is 31.4 Å². The van der Waals surface area contributed by atoms with Crippen molar-refractivity contribution in [2.75, 3.05) is 45.2 Å². The van der Waals surface area contributed by atoms with Crippen molar-refractivity contribution < 1.29 is 19.2 Å². The van der Waals surface area contributed by atoms with Crippen LogP contribution in [0.3, 0.4) is 0 Å². The minimum atomic E-state index is -0.579. The lowest BCUT2D eigenvalue weighted by Crippen LogP contribution is -2.50. The number of anilines is 1. The molecule has 11 heteroatoms. The summed E-state index contributed by atoms with van der Waals surface area (Å²) < 4.78 is 4.99. The molecule has 31 heavy (non-hydrogen) atoms. The molecule has 0 unspecified atom stereocenters. The van der Waals surface area contributed by atoms with E-state index in [1.807, 2.05) is 4.90 Å². The first-order chi connectivity index (χ1) is 14.8. The van der Waals surface area contributed by atoms with Crippen LogP contribution in [0.1, 0.15) is 10.4 Å². The number of amides is 2. The first kappa shape index (κ1) is 22.8. The van der Waals surface area contributed by atoms with Gasteiger partial charge < -0.3 is 15.0 Å². The second-order valence-corrected chi connectivity index (χ2v) is 7.72. The Kier molecular flexibility index (Phi) is 7.32. The Morgan fingerprint density at radius 1 is 1.13 bits per heavy atom. The number of hydrogen-bond donors (Lipinski definition) is 1. The average Bonchev–Trinajstić information content (AvgIpc) is 2.74. The van der Waals surface area contributed by atoms with Gasteiger partial charge in [0.2, 0.25) is 5.91 Å². The van der Waals surface area contributed by atoms with E-state index >= 15 is 0 Å². The highest BCUT2D eigenvalue weighted by molar-refractivity contribution is 6.36. The first-order valence-electron chi connectivity index (χ1n) is 9.37. The molecule has 2 aromatic carbocycles. The van der Waals surface area contributed by atoms with Crippen LogP contribution in [0.25, 0.3) is 0 Å². The molecule has 1 saturated heterocycles. The topological polar surface area (TPSA) is 105 Å². The molecule has 0 spiro atoms. The molecule has 0 aromatic heterocycles. The van der Waals surface area contributed by atoms with Gasteiger partial charge in [-0.1, -0.05) is 23.2 Å². The number of nitrogens with one attached hydrogen (secondary N) is 1. The van der Waals surface area contributed by atoms with Crippen molar-refractivity contribution in [2.45, 2.75) is 0 Å². The van der Waals surface area contributed by atoms with Crippen molar-refractivity contribution in [3.05, 3.63) is 62.1 Å². The molecular formula is C20H20Cl2N4O5. The first-order valence-corrected chi connectivity index (χ1v) is 10.1. The second-order valence-electron chi connectivity index (χ2n) is 6.88. The van der Waals surface area contributed by atoms with Crippen molar-refractivity contribution in [2.24, 2.45) is 0 Å². The van der Waals surface area contributed by atoms with Crippen LogP contribution in [-0.2, 0) is 4.79 Å². The lowest BCUT2D eigenvalue weighted by Gasteiger charge is -2.34. The van der Waals surface area contributed by atoms with Crippen LogP contribution in [0.2, 0.25) is 10.0 Å². The van der Waals surface area contributed by atoms with Crippen LogP contribution in [0.4, 0.5) is 11.4 Å². The summed E-state index contributed by atoms with van der Waals surface area (Å²) in [7, 11) is 1.41. The average molecular weight is 467 g/mol. The lowest BCUT2D eigenvalue weighted by atomic mass is 10.1. The lowest BCUT2D eigenvalue weighted by molar-refractivity contribution is -0.384. The fraction of sp³-hybridized carbons (Fsp3) is 0.300. The van der Waals surface area contributed by atoms with Crippen LogP contribution >= 0.6 is 23.2 Å². The van der Waals surface area contributed by atoms with Crippen molar-refractivity contribution in [3.8, 4) is 5.75 Å². The molecule has 1 aliphatic heterocycles. The molecule has 164 valence electrons. The molecule has 0 radical (unpaired) electrons. The summed E-state index contributed by atoms with van der Waals surface area (Å²) in [5.41, 5.74) is 0.231. The minimum absolute atomic E-state index is 0.0485.